The number of carbonyl (C=O) groups is 1. The van der Waals surface area contributed by atoms with Crippen molar-refractivity contribution >= 4 is 27.5 Å². The van der Waals surface area contributed by atoms with E-state index in [1.807, 2.05) is 12.1 Å². The van der Waals surface area contributed by atoms with E-state index in [0.717, 1.165) is 0 Å². The Kier molecular flexibility index (Phi) is 5.39. The second kappa shape index (κ2) is 8.16. The maximum atomic E-state index is 13.3. The van der Waals surface area contributed by atoms with Gasteiger partial charge in [0.25, 0.3) is 10.0 Å². The molecule has 0 fully saturated rings. The lowest BCUT2D eigenvalue weighted by Crippen LogP contribution is -2.18. The number of ketones is 1. The van der Waals surface area contributed by atoms with Crippen molar-refractivity contribution in [2.24, 2.45) is 5.10 Å². The minimum atomic E-state index is -3.81. The van der Waals surface area contributed by atoms with Crippen LogP contribution in [-0.2, 0) is 10.0 Å². The van der Waals surface area contributed by atoms with Crippen molar-refractivity contribution in [3.63, 3.8) is 0 Å². The van der Waals surface area contributed by atoms with Gasteiger partial charge in [0, 0.05) is 17.3 Å². The first kappa shape index (κ1) is 20.5. The highest BCUT2D eigenvalue weighted by molar-refractivity contribution is 7.89. The Morgan fingerprint density at radius 3 is 2.39 bits per heavy atom. The van der Waals surface area contributed by atoms with Gasteiger partial charge in [0.15, 0.2) is 0 Å². The summed E-state index contributed by atoms with van der Waals surface area (Å²) in [5.74, 6) is -0.699. The molecule has 0 saturated heterocycles. The van der Waals surface area contributed by atoms with E-state index in [2.05, 4.69) is 9.93 Å². The van der Waals surface area contributed by atoms with Crippen LogP contribution in [-0.4, -0.2) is 24.8 Å². The van der Waals surface area contributed by atoms with Gasteiger partial charge in [-0.1, -0.05) is 24.3 Å². The molecule has 1 N–H and O–H groups in total. The van der Waals surface area contributed by atoms with Crippen molar-refractivity contribution < 1.29 is 17.6 Å². The zero-order valence-electron chi connectivity index (χ0n) is 16.5. The summed E-state index contributed by atoms with van der Waals surface area (Å²) in [6, 6.07) is 18.6. The summed E-state index contributed by atoms with van der Waals surface area (Å²) < 4.78 is 39.7. The van der Waals surface area contributed by atoms with Gasteiger partial charge in [0.2, 0.25) is 5.78 Å². The van der Waals surface area contributed by atoms with Crippen molar-refractivity contribution in [2.75, 3.05) is 0 Å². The molecule has 0 aliphatic heterocycles. The highest BCUT2D eigenvalue weighted by Gasteiger charge is 2.21. The average molecular weight is 435 g/mol. The van der Waals surface area contributed by atoms with E-state index in [9.17, 15) is 17.6 Å². The SMILES string of the molecule is Cc1c(C=NNS(=O)(=O)c2ccccc2)c2ccccn2c1C(=O)c1ccc(F)cc1. The predicted molar refractivity (Wildman–Crippen MR) is 116 cm³/mol. The molecule has 2 aromatic heterocycles. The molecule has 0 unspecified atom stereocenters. The maximum Gasteiger partial charge on any atom is 0.276 e. The third kappa shape index (κ3) is 3.97. The molecule has 6 nitrogen and oxygen atoms in total. The largest absolute Gasteiger partial charge is 0.313 e. The second-order valence-electron chi connectivity index (χ2n) is 6.85. The summed E-state index contributed by atoms with van der Waals surface area (Å²) in [5, 5.41) is 3.92. The van der Waals surface area contributed by atoms with Crippen LogP contribution in [0.5, 0.6) is 0 Å². The summed E-state index contributed by atoms with van der Waals surface area (Å²) in [6.07, 6.45) is 3.12. The van der Waals surface area contributed by atoms with Gasteiger partial charge in [-0.3, -0.25) is 4.79 Å². The van der Waals surface area contributed by atoms with Crippen LogP contribution in [0.3, 0.4) is 0 Å². The van der Waals surface area contributed by atoms with E-state index >= 15 is 0 Å². The lowest BCUT2D eigenvalue weighted by atomic mass is 10.0. The molecule has 0 aliphatic carbocycles. The molecule has 0 spiro atoms. The molecule has 8 heteroatoms. The van der Waals surface area contributed by atoms with Gasteiger partial charge in [0.05, 0.1) is 22.3 Å². The minimum absolute atomic E-state index is 0.0952. The number of hydrogen-bond acceptors (Lipinski definition) is 4. The highest BCUT2D eigenvalue weighted by atomic mass is 32.2. The van der Waals surface area contributed by atoms with Crippen LogP contribution < -0.4 is 4.83 Å². The van der Waals surface area contributed by atoms with Crippen LogP contribution in [0.2, 0.25) is 0 Å². The summed E-state index contributed by atoms with van der Waals surface area (Å²) in [5.41, 5.74) is 2.66. The van der Waals surface area contributed by atoms with Crippen molar-refractivity contribution in [3.8, 4) is 0 Å². The van der Waals surface area contributed by atoms with Crippen LogP contribution in [0.4, 0.5) is 4.39 Å². The average Bonchev–Trinajstić information content (AvgIpc) is 3.06. The zero-order valence-corrected chi connectivity index (χ0v) is 17.3. The number of fused-ring (bicyclic) bond motifs is 1. The van der Waals surface area contributed by atoms with Gasteiger partial charge in [-0.15, -0.1) is 0 Å². The molecule has 0 radical (unpaired) electrons. The lowest BCUT2D eigenvalue weighted by molar-refractivity contribution is 0.103. The van der Waals surface area contributed by atoms with Crippen molar-refractivity contribution in [1.29, 1.82) is 0 Å². The standard InChI is InChI=1S/C23H18FN3O3S/c1-16-20(15-25-26-31(29,30)19-7-3-2-4-8-19)21-9-5-6-14-27(21)22(16)23(28)17-10-12-18(24)13-11-17/h2-15,26H,1H3. The quantitative estimate of drug-likeness (QED) is 0.283. The van der Waals surface area contributed by atoms with Crippen LogP contribution in [0.1, 0.15) is 27.2 Å². The van der Waals surface area contributed by atoms with Gasteiger partial charge < -0.3 is 4.40 Å². The molecule has 4 aromatic rings. The zero-order chi connectivity index (χ0) is 22.0. The van der Waals surface area contributed by atoms with Gasteiger partial charge >= 0.3 is 0 Å². The van der Waals surface area contributed by atoms with Crippen molar-refractivity contribution in [2.45, 2.75) is 11.8 Å². The number of hydrazone groups is 1. The predicted octanol–water partition coefficient (Wildman–Crippen LogP) is 3.93. The molecule has 156 valence electrons. The fourth-order valence-electron chi connectivity index (χ4n) is 3.35. The number of carbonyl (C=O) groups excluding carboxylic acids is 1. The molecule has 0 amide bonds. The number of nitrogens with zero attached hydrogens (tertiary/aromatic N) is 2. The van der Waals surface area contributed by atoms with Gasteiger partial charge in [-0.05, 0) is 61.0 Å². The summed E-state index contributed by atoms with van der Waals surface area (Å²) >= 11 is 0. The van der Waals surface area contributed by atoms with E-state index in [1.54, 1.807) is 41.8 Å². The molecule has 2 heterocycles. The first-order chi connectivity index (χ1) is 14.9. The van der Waals surface area contributed by atoms with Crippen LogP contribution >= 0.6 is 0 Å². The second-order valence-corrected chi connectivity index (χ2v) is 8.51. The first-order valence-electron chi connectivity index (χ1n) is 9.38. The minimum Gasteiger partial charge on any atom is -0.313 e. The Hall–Kier alpha value is -3.78. The molecule has 4 rings (SSSR count). The normalized spacial score (nSPS) is 11.8. The fraction of sp³-hybridized carbons (Fsp3) is 0.0435. The van der Waals surface area contributed by atoms with Crippen molar-refractivity contribution in [3.05, 3.63) is 107 Å². The Balaban J connectivity index is 1.72. The highest BCUT2D eigenvalue weighted by Crippen LogP contribution is 2.24. The topological polar surface area (TPSA) is 80.0 Å². The molecule has 2 aromatic carbocycles. The molecule has 0 bridgehead atoms. The number of sulfonamides is 1. The van der Waals surface area contributed by atoms with Crippen molar-refractivity contribution in [1.82, 2.24) is 9.23 Å². The Morgan fingerprint density at radius 1 is 1.00 bits per heavy atom. The molecule has 31 heavy (non-hydrogen) atoms. The third-order valence-corrected chi connectivity index (χ3v) is 6.12. The molecular weight excluding hydrogens is 417 g/mol. The van der Waals surface area contributed by atoms with E-state index in [4.69, 9.17) is 0 Å². The summed E-state index contributed by atoms with van der Waals surface area (Å²) in [4.78, 5) is 15.4. The number of pyridine rings is 1. The fourth-order valence-corrected chi connectivity index (χ4v) is 4.16. The molecular formula is C23H18FN3O3S. The number of rotatable bonds is 6. The molecule has 0 saturated carbocycles. The smallest absolute Gasteiger partial charge is 0.276 e. The van der Waals surface area contributed by atoms with Crippen LogP contribution in [0, 0.1) is 12.7 Å². The number of benzene rings is 2. The number of nitrogens with one attached hydrogen (secondary N) is 1. The summed E-state index contributed by atoms with van der Waals surface area (Å²) in [7, 11) is -3.81. The molecule has 0 atom stereocenters. The van der Waals surface area contributed by atoms with Gasteiger partial charge in [0.1, 0.15) is 5.82 Å². The number of aromatic nitrogens is 1. The van der Waals surface area contributed by atoms with E-state index < -0.39 is 15.8 Å². The van der Waals surface area contributed by atoms with Crippen LogP contribution in [0.15, 0.2) is 89.0 Å². The van der Waals surface area contributed by atoms with Crippen LogP contribution in [0.25, 0.3) is 5.52 Å². The van der Waals surface area contributed by atoms with Gasteiger partial charge in [-0.2, -0.15) is 13.5 Å². The number of halogens is 1. The first-order valence-corrected chi connectivity index (χ1v) is 10.9. The monoisotopic (exact) mass is 435 g/mol. The lowest BCUT2D eigenvalue weighted by Gasteiger charge is -2.04. The van der Waals surface area contributed by atoms with E-state index in [-0.39, 0.29) is 10.7 Å². The molecule has 0 aliphatic rings. The van der Waals surface area contributed by atoms with E-state index in [1.165, 1.54) is 42.6 Å². The van der Waals surface area contributed by atoms with Gasteiger partial charge in [-0.25, -0.2) is 9.22 Å². The van der Waals surface area contributed by atoms with E-state index in [0.29, 0.717) is 27.9 Å². The Labute approximate surface area is 178 Å². The maximum absolute atomic E-state index is 13.3. The number of hydrogen-bond donors (Lipinski definition) is 1. The Morgan fingerprint density at radius 2 is 1.68 bits per heavy atom. The Bertz CT molecular complexity index is 1390. The summed E-state index contributed by atoms with van der Waals surface area (Å²) in [6.45, 7) is 1.76. The third-order valence-electron chi connectivity index (χ3n) is 4.88.